The molecule has 0 aliphatic carbocycles. The number of ether oxygens (including phenoxy) is 4. The van der Waals surface area contributed by atoms with Crippen LogP contribution in [0.5, 0.6) is 0 Å². The van der Waals surface area contributed by atoms with Crippen LogP contribution < -0.4 is 11.2 Å². The number of hydrogen-bond acceptors (Lipinski definition) is 11. The third-order valence-electron chi connectivity index (χ3n) is 2.22. The van der Waals surface area contributed by atoms with Crippen molar-refractivity contribution in [2.24, 2.45) is 10.8 Å². The Morgan fingerprint density at radius 1 is 0.800 bits per heavy atom. The highest BCUT2D eigenvalue weighted by atomic mass is 79.9. The fourth-order valence-corrected chi connectivity index (χ4v) is 1.67. The minimum absolute atomic E-state index is 0.182. The van der Waals surface area contributed by atoms with E-state index in [0.29, 0.717) is 0 Å². The first-order valence-corrected chi connectivity index (χ1v) is 10.6. The molecule has 0 aliphatic heterocycles. The molecular weight excluding hydrogens is 534 g/mol. The number of hydrazone groups is 1. The summed E-state index contributed by atoms with van der Waals surface area (Å²) in [7, 11) is 1.47. The number of alkyl halides is 2. The van der Waals surface area contributed by atoms with Gasteiger partial charge in [0.25, 0.3) is 8.95 Å². The van der Waals surface area contributed by atoms with Gasteiger partial charge < -0.3 is 30.1 Å². The first-order valence-electron chi connectivity index (χ1n) is 9.06. The summed E-state index contributed by atoms with van der Waals surface area (Å²) in [4.78, 5) is 44.6. The average molecular weight is 565 g/mol. The highest BCUT2D eigenvalue weighted by molar-refractivity contribution is 9.26. The summed E-state index contributed by atoms with van der Waals surface area (Å²) in [5.74, 6) is -3.01. The van der Waals surface area contributed by atoms with Gasteiger partial charge in [0, 0.05) is 7.05 Å². The molecule has 30 heavy (non-hydrogen) atoms. The second-order valence-corrected chi connectivity index (χ2v) is 7.99. The second kappa shape index (κ2) is 20.5. The Morgan fingerprint density at radius 2 is 1.10 bits per heavy atom. The maximum atomic E-state index is 11.2. The molecule has 0 amide bonds. The van der Waals surface area contributed by atoms with Crippen LogP contribution in [0.1, 0.15) is 34.6 Å². The molecule has 3 N–H and O–H groups in total. The molecule has 13 heteroatoms. The molecule has 0 saturated heterocycles. The van der Waals surface area contributed by atoms with E-state index in [0.717, 1.165) is 6.54 Å². The zero-order valence-electron chi connectivity index (χ0n) is 18.1. The minimum Gasteiger partial charge on any atom is -0.464 e. The summed E-state index contributed by atoms with van der Waals surface area (Å²) < 4.78 is 16.9. The van der Waals surface area contributed by atoms with Crippen LogP contribution in [-0.2, 0) is 38.1 Å². The van der Waals surface area contributed by atoms with Crippen molar-refractivity contribution in [3.63, 3.8) is 0 Å². The maximum Gasteiger partial charge on any atom is 0.366 e. The Kier molecular flexibility index (Phi) is 22.5. The van der Waals surface area contributed by atoms with Gasteiger partial charge in [0.15, 0.2) is 0 Å². The summed E-state index contributed by atoms with van der Waals surface area (Å²) in [6.45, 7) is 10.0. The number of halogens is 2. The molecule has 0 aromatic rings. The van der Waals surface area contributed by atoms with Gasteiger partial charge in [0.05, 0.1) is 26.4 Å². The second-order valence-electron chi connectivity index (χ2n) is 4.55. The van der Waals surface area contributed by atoms with E-state index in [1.165, 1.54) is 7.05 Å². The Morgan fingerprint density at radius 3 is 1.33 bits per heavy atom. The summed E-state index contributed by atoms with van der Waals surface area (Å²) >= 11 is 5.76. The first kappa shape index (κ1) is 32.9. The van der Waals surface area contributed by atoms with Crippen molar-refractivity contribution in [3.8, 4) is 0 Å². The Labute approximate surface area is 193 Å². The summed E-state index contributed by atoms with van der Waals surface area (Å²) in [5, 5.41) is 3.48. The first-order chi connectivity index (χ1) is 14.0. The van der Waals surface area contributed by atoms with Gasteiger partial charge in [0.2, 0.25) is 0 Å². The van der Waals surface area contributed by atoms with E-state index in [4.69, 9.17) is 5.73 Å². The van der Waals surface area contributed by atoms with E-state index in [1.807, 2.05) is 6.92 Å². The van der Waals surface area contributed by atoms with Crippen molar-refractivity contribution in [3.05, 3.63) is 0 Å². The van der Waals surface area contributed by atoms with Crippen molar-refractivity contribution in [2.45, 2.75) is 37.9 Å². The largest absolute Gasteiger partial charge is 0.464 e. The standard InChI is InChI=1S/C8H14N2O4.C7H10Br2O4.C2H7N/c1-4-13-7(11)6(10-9-3)8(12)14-5-2;1-3-12-5(10)7(8,9)6(11)13-4-2;1-2-3/h9H,4-5H2,1-3H3;3-4H2,1-2H3;2-3H2,1H3. The molecule has 0 atom stereocenters. The van der Waals surface area contributed by atoms with Crippen LogP contribution in [-0.4, -0.2) is 72.8 Å². The molecule has 0 unspecified atom stereocenters. The van der Waals surface area contributed by atoms with Gasteiger partial charge in [-0.25, -0.2) is 19.2 Å². The molecule has 0 rings (SSSR count). The lowest BCUT2D eigenvalue weighted by atomic mass is 10.4. The molecule has 0 aromatic carbocycles. The van der Waals surface area contributed by atoms with E-state index in [9.17, 15) is 19.2 Å². The van der Waals surface area contributed by atoms with Crippen LogP contribution in [0.4, 0.5) is 0 Å². The molecule has 0 spiro atoms. The van der Waals surface area contributed by atoms with Crippen molar-refractivity contribution in [1.82, 2.24) is 5.43 Å². The lowest BCUT2D eigenvalue weighted by molar-refractivity contribution is -0.154. The lowest BCUT2D eigenvalue weighted by Crippen LogP contribution is -2.37. The average Bonchev–Trinajstić information content (AvgIpc) is 2.67. The number of hydrogen-bond donors (Lipinski definition) is 2. The summed E-state index contributed by atoms with van der Waals surface area (Å²) in [6.07, 6.45) is 0. The van der Waals surface area contributed by atoms with E-state index < -0.39 is 27.1 Å². The lowest BCUT2D eigenvalue weighted by Gasteiger charge is -2.15. The van der Waals surface area contributed by atoms with Gasteiger partial charge >= 0.3 is 23.9 Å². The van der Waals surface area contributed by atoms with Crippen LogP contribution in [0.3, 0.4) is 0 Å². The minimum atomic E-state index is -1.58. The highest BCUT2D eigenvalue weighted by Gasteiger charge is 2.44. The molecule has 0 radical (unpaired) electrons. The van der Waals surface area contributed by atoms with Crippen LogP contribution in [0.25, 0.3) is 0 Å². The van der Waals surface area contributed by atoms with Crippen LogP contribution in [0.2, 0.25) is 0 Å². The number of nitrogens with zero attached hydrogens (tertiary/aromatic N) is 1. The van der Waals surface area contributed by atoms with Gasteiger partial charge in [-0.05, 0) is 66.1 Å². The Hall–Kier alpha value is -1.73. The Bertz CT molecular complexity index is 517. The van der Waals surface area contributed by atoms with Crippen LogP contribution in [0, 0.1) is 0 Å². The zero-order chi connectivity index (χ0) is 24.2. The predicted molar refractivity (Wildman–Crippen MR) is 118 cm³/mol. The van der Waals surface area contributed by atoms with E-state index in [1.54, 1.807) is 27.7 Å². The highest BCUT2D eigenvalue weighted by Crippen LogP contribution is 2.29. The topological polar surface area (TPSA) is 156 Å². The zero-order valence-corrected chi connectivity index (χ0v) is 21.3. The normalized spacial score (nSPS) is 9.37. The number of carbonyl (C=O) groups is 4. The van der Waals surface area contributed by atoms with E-state index in [-0.39, 0.29) is 32.1 Å². The molecular formula is C17H31Br2N3O8. The number of esters is 4. The van der Waals surface area contributed by atoms with Crippen molar-refractivity contribution in [2.75, 3.05) is 40.0 Å². The summed E-state index contributed by atoms with van der Waals surface area (Å²) in [6, 6.07) is 0. The molecule has 176 valence electrons. The fraction of sp³-hybridized carbons (Fsp3) is 0.706. The molecule has 0 fully saturated rings. The molecule has 0 bridgehead atoms. The van der Waals surface area contributed by atoms with Gasteiger partial charge in [-0.1, -0.05) is 6.92 Å². The molecule has 0 aromatic heterocycles. The predicted octanol–water partition coefficient (Wildman–Crippen LogP) is 1.25. The maximum absolute atomic E-state index is 11.2. The molecule has 0 heterocycles. The van der Waals surface area contributed by atoms with Gasteiger partial charge in [-0.3, -0.25) is 0 Å². The SMILES string of the molecule is CCN.CCOC(=O)C(=NNC)C(=O)OCC.CCOC(=O)C(Br)(Br)C(=O)OCC. The quantitative estimate of drug-likeness (QED) is 0.104. The molecule has 0 aliphatic rings. The Balaban J connectivity index is -0.000000430. The van der Waals surface area contributed by atoms with Crippen molar-refractivity contribution in [1.29, 1.82) is 0 Å². The number of carbonyl (C=O) groups excluding carboxylic acids is 4. The van der Waals surface area contributed by atoms with Crippen molar-refractivity contribution < 1.29 is 38.1 Å². The van der Waals surface area contributed by atoms with Crippen LogP contribution in [0.15, 0.2) is 5.10 Å². The third-order valence-corrected chi connectivity index (χ3v) is 3.52. The fourth-order valence-electron chi connectivity index (χ4n) is 1.21. The number of nitrogens with two attached hydrogens (primary N) is 1. The van der Waals surface area contributed by atoms with Crippen LogP contribution >= 0.6 is 31.9 Å². The molecule has 11 nitrogen and oxygen atoms in total. The van der Waals surface area contributed by atoms with Crippen molar-refractivity contribution >= 4 is 61.4 Å². The van der Waals surface area contributed by atoms with Gasteiger partial charge in [-0.15, -0.1) is 0 Å². The van der Waals surface area contributed by atoms with Gasteiger partial charge in [0.1, 0.15) is 0 Å². The van der Waals surface area contributed by atoms with E-state index in [2.05, 4.69) is 61.3 Å². The third kappa shape index (κ3) is 15.2. The smallest absolute Gasteiger partial charge is 0.366 e. The monoisotopic (exact) mass is 563 g/mol. The van der Waals surface area contributed by atoms with E-state index >= 15 is 0 Å². The summed E-state index contributed by atoms with van der Waals surface area (Å²) in [5.41, 5.74) is 6.80. The number of rotatable bonds is 9. The molecule has 0 saturated carbocycles. The van der Waals surface area contributed by atoms with Gasteiger partial charge in [-0.2, -0.15) is 5.10 Å². The number of nitrogens with one attached hydrogen (secondary N) is 1.